The summed E-state index contributed by atoms with van der Waals surface area (Å²) in [6, 6.07) is 7.36. The highest BCUT2D eigenvalue weighted by molar-refractivity contribution is 6.36. The molecule has 2 unspecified atom stereocenters. The number of fused-ring (bicyclic) bond motifs is 1. The number of aromatic nitrogens is 3. The molecule has 0 spiro atoms. The summed E-state index contributed by atoms with van der Waals surface area (Å²) in [6.45, 7) is 8.13. The molecule has 0 radical (unpaired) electrons. The maximum atomic E-state index is 13.1. The molecule has 4 heterocycles. The first-order chi connectivity index (χ1) is 18.4. The van der Waals surface area contributed by atoms with E-state index in [2.05, 4.69) is 33.4 Å². The first-order valence-electron chi connectivity index (χ1n) is 12.8. The van der Waals surface area contributed by atoms with Crippen molar-refractivity contribution in [2.45, 2.75) is 44.8 Å². The summed E-state index contributed by atoms with van der Waals surface area (Å²) in [5, 5.41) is 3.56. The van der Waals surface area contributed by atoms with Crippen LogP contribution in [0.25, 0.3) is 11.0 Å². The molecule has 2 aromatic heterocycles. The minimum Gasteiger partial charge on any atom is -0.486 e. The van der Waals surface area contributed by atoms with E-state index in [1.165, 1.54) is 6.08 Å². The molecule has 1 amide bonds. The topological polar surface area (TPSA) is 98.6 Å². The van der Waals surface area contributed by atoms with E-state index in [0.717, 1.165) is 55.5 Å². The summed E-state index contributed by atoms with van der Waals surface area (Å²) in [5.41, 5.74) is 2.85. The summed E-state index contributed by atoms with van der Waals surface area (Å²) in [4.78, 5) is 33.5. The molecule has 9 nitrogen and oxygen atoms in total. The Labute approximate surface area is 227 Å². The highest BCUT2D eigenvalue weighted by Gasteiger charge is 2.27. The molecular formula is C28H34ClN5O4. The normalized spacial score (nSPS) is 19.8. The van der Waals surface area contributed by atoms with Gasteiger partial charge in [-0.1, -0.05) is 24.6 Å². The first kappa shape index (κ1) is 27.8. The van der Waals surface area contributed by atoms with Gasteiger partial charge in [0.1, 0.15) is 23.2 Å². The lowest BCUT2D eigenvalue weighted by molar-refractivity contribution is -0.104. The SMILES string of the molecule is C=CC=O.Cc1cc(C(=O)Nc2nc3ccc(OC4CCOC4)c(Cl)c3n2C2CCCCN(C)C2)ccn1. The number of allylic oxidation sites excluding steroid dienone is 1. The van der Waals surface area contributed by atoms with E-state index in [1.54, 1.807) is 18.3 Å². The van der Waals surface area contributed by atoms with E-state index in [4.69, 9.17) is 30.9 Å². The van der Waals surface area contributed by atoms with Gasteiger partial charge in [-0.15, -0.1) is 0 Å². The number of nitrogens with one attached hydrogen (secondary N) is 1. The van der Waals surface area contributed by atoms with E-state index in [1.807, 2.05) is 19.1 Å². The fourth-order valence-electron chi connectivity index (χ4n) is 4.82. The zero-order valence-electron chi connectivity index (χ0n) is 21.9. The Kier molecular flexibility index (Phi) is 9.49. The van der Waals surface area contributed by atoms with Crippen LogP contribution in [0, 0.1) is 6.92 Å². The van der Waals surface area contributed by atoms with Crippen LogP contribution in [0.2, 0.25) is 5.02 Å². The largest absolute Gasteiger partial charge is 0.486 e. The van der Waals surface area contributed by atoms with Crippen LogP contribution in [-0.4, -0.2) is 71.1 Å². The van der Waals surface area contributed by atoms with Gasteiger partial charge >= 0.3 is 0 Å². The second kappa shape index (κ2) is 13.0. The molecule has 202 valence electrons. The molecule has 2 fully saturated rings. The number of imidazole rings is 1. The summed E-state index contributed by atoms with van der Waals surface area (Å²) in [7, 11) is 2.13. The number of likely N-dealkylation sites (N-methyl/N-ethyl adjacent to an activating group) is 1. The summed E-state index contributed by atoms with van der Waals surface area (Å²) in [6.07, 6.45) is 7.52. The molecule has 2 atom stereocenters. The number of halogens is 1. The van der Waals surface area contributed by atoms with Crippen LogP contribution in [0.1, 0.15) is 47.8 Å². The Morgan fingerprint density at radius 3 is 2.82 bits per heavy atom. The second-order valence-corrected chi connectivity index (χ2v) is 9.96. The fraction of sp³-hybridized carbons (Fsp3) is 0.429. The molecule has 2 aliphatic rings. The standard InChI is InChI=1S/C25H30ClN5O3.C3H4O/c1-16-13-17(8-10-27-16)24(32)29-25-28-20-6-7-21(34-19-9-12-33-15-19)22(26)23(20)31(25)18-5-3-4-11-30(2)14-18;1-2-3-4/h6-8,10,13,18-19H,3-5,9,11-12,14-15H2,1-2H3,(H,28,29,32);2-3H,1H2. The van der Waals surface area contributed by atoms with Gasteiger partial charge in [-0.25, -0.2) is 4.98 Å². The Bertz CT molecular complexity index is 1280. The van der Waals surface area contributed by atoms with Gasteiger partial charge in [0.2, 0.25) is 5.95 Å². The number of nitrogens with zero attached hydrogens (tertiary/aromatic N) is 4. The number of ether oxygens (including phenoxy) is 2. The average molecular weight is 540 g/mol. The number of carbonyl (C=O) groups excluding carboxylic acids is 2. The maximum absolute atomic E-state index is 13.1. The monoisotopic (exact) mass is 539 g/mol. The van der Waals surface area contributed by atoms with Crippen LogP contribution >= 0.6 is 11.6 Å². The minimum atomic E-state index is -0.222. The van der Waals surface area contributed by atoms with Crippen LogP contribution in [-0.2, 0) is 9.53 Å². The molecule has 1 N–H and O–H groups in total. The van der Waals surface area contributed by atoms with Gasteiger partial charge in [0.25, 0.3) is 5.91 Å². The molecule has 2 aliphatic heterocycles. The summed E-state index contributed by atoms with van der Waals surface area (Å²) < 4.78 is 13.7. The Morgan fingerprint density at radius 1 is 1.29 bits per heavy atom. The third kappa shape index (κ3) is 6.59. The van der Waals surface area contributed by atoms with E-state index in [9.17, 15) is 4.79 Å². The van der Waals surface area contributed by atoms with Crippen molar-refractivity contribution < 1.29 is 19.1 Å². The smallest absolute Gasteiger partial charge is 0.258 e. The number of aldehydes is 1. The lowest BCUT2D eigenvalue weighted by Gasteiger charge is -2.24. The van der Waals surface area contributed by atoms with Gasteiger partial charge in [-0.3, -0.25) is 19.9 Å². The lowest BCUT2D eigenvalue weighted by atomic mass is 10.1. The molecular weight excluding hydrogens is 506 g/mol. The van der Waals surface area contributed by atoms with Gasteiger partial charge in [-0.05, 0) is 63.7 Å². The van der Waals surface area contributed by atoms with E-state index in [0.29, 0.717) is 41.8 Å². The van der Waals surface area contributed by atoms with Gasteiger partial charge in [0, 0.05) is 36.5 Å². The third-order valence-electron chi connectivity index (χ3n) is 6.63. The molecule has 0 saturated carbocycles. The van der Waals surface area contributed by atoms with Crippen LogP contribution in [0.3, 0.4) is 0 Å². The van der Waals surface area contributed by atoms with Gasteiger partial charge in [0.05, 0.1) is 24.2 Å². The van der Waals surface area contributed by atoms with E-state index < -0.39 is 0 Å². The number of amides is 1. The molecule has 38 heavy (non-hydrogen) atoms. The summed E-state index contributed by atoms with van der Waals surface area (Å²) >= 11 is 6.95. The highest BCUT2D eigenvalue weighted by Crippen LogP contribution is 2.39. The number of aryl methyl sites for hydroxylation is 1. The molecule has 5 rings (SSSR count). The molecule has 0 aliphatic carbocycles. The lowest BCUT2D eigenvalue weighted by Crippen LogP contribution is -2.27. The van der Waals surface area contributed by atoms with Crippen molar-refractivity contribution in [3.63, 3.8) is 0 Å². The number of pyridine rings is 1. The Balaban J connectivity index is 0.000000786. The van der Waals surface area contributed by atoms with Crippen molar-refractivity contribution in [2.24, 2.45) is 0 Å². The number of carbonyl (C=O) groups is 2. The average Bonchev–Trinajstić information content (AvgIpc) is 3.50. The van der Waals surface area contributed by atoms with Crippen molar-refractivity contribution in [3.8, 4) is 5.75 Å². The highest BCUT2D eigenvalue weighted by atomic mass is 35.5. The number of likely N-dealkylation sites (tertiary alicyclic amines) is 1. The van der Waals surface area contributed by atoms with E-state index in [-0.39, 0.29) is 18.1 Å². The number of benzene rings is 1. The molecule has 2 saturated heterocycles. The fourth-order valence-corrected chi connectivity index (χ4v) is 5.12. The van der Waals surface area contributed by atoms with Crippen LogP contribution in [0.5, 0.6) is 5.75 Å². The molecule has 10 heteroatoms. The van der Waals surface area contributed by atoms with Crippen LogP contribution in [0.15, 0.2) is 43.1 Å². The first-order valence-corrected chi connectivity index (χ1v) is 13.2. The van der Waals surface area contributed by atoms with Gasteiger partial charge in [0.15, 0.2) is 0 Å². The predicted octanol–water partition coefficient (Wildman–Crippen LogP) is 4.84. The third-order valence-corrected chi connectivity index (χ3v) is 7.00. The molecule has 3 aromatic rings. The Hall–Kier alpha value is -3.27. The zero-order valence-corrected chi connectivity index (χ0v) is 22.6. The number of anilines is 1. The number of hydrogen-bond donors (Lipinski definition) is 1. The van der Waals surface area contributed by atoms with E-state index >= 15 is 0 Å². The van der Waals surface area contributed by atoms with Crippen LogP contribution in [0.4, 0.5) is 5.95 Å². The van der Waals surface area contributed by atoms with Crippen molar-refractivity contribution in [2.75, 3.05) is 38.7 Å². The quantitative estimate of drug-likeness (QED) is 0.353. The summed E-state index contributed by atoms with van der Waals surface area (Å²) in [5.74, 6) is 0.896. The van der Waals surface area contributed by atoms with Crippen molar-refractivity contribution >= 4 is 40.8 Å². The predicted molar refractivity (Wildman–Crippen MR) is 148 cm³/mol. The molecule has 0 bridgehead atoms. The van der Waals surface area contributed by atoms with Crippen molar-refractivity contribution in [1.82, 2.24) is 19.4 Å². The zero-order chi connectivity index (χ0) is 27.1. The van der Waals surface area contributed by atoms with Crippen molar-refractivity contribution in [3.05, 3.63) is 59.4 Å². The second-order valence-electron chi connectivity index (χ2n) is 9.58. The van der Waals surface area contributed by atoms with Gasteiger partial charge < -0.3 is 18.9 Å². The maximum Gasteiger partial charge on any atom is 0.258 e. The molecule has 1 aromatic carbocycles. The van der Waals surface area contributed by atoms with Gasteiger partial charge in [-0.2, -0.15) is 0 Å². The van der Waals surface area contributed by atoms with Crippen LogP contribution < -0.4 is 10.1 Å². The number of rotatable bonds is 6. The number of hydrogen-bond acceptors (Lipinski definition) is 7. The van der Waals surface area contributed by atoms with Crippen molar-refractivity contribution in [1.29, 1.82) is 0 Å². The Morgan fingerprint density at radius 2 is 2.11 bits per heavy atom. The minimum absolute atomic E-state index is 0.00978.